The van der Waals surface area contributed by atoms with Crippen molar-refractivity contribution in [3.05, 3.63) is 11.9 Å². The first-order chi connectivity index (χ1) is 9.60. The molecule has 0 amide bonds. The molecule has 0 aliphatic carbocycles. The summed E-state index contributed by atoms with van der Waals surface area (Å²) in [5, 5.41) is 3.34. The molecule has 1 N–H and O–H groups in total. The van der Waals surface area contributed by atoms with Gasteiger partial charge < -0.3 is 14.8 Å². The highest BCUT2D eigenvalue weighted by Crippen LogP contribution is 2.30. The first kappa shape index (κ1) is 16.7. The molecular formula is C15H27N3O2. The van der Waals surface area contributed by atoms with Gasteiger partial charge in [0.05, 0.1) is 12.2 Å². The van der Waals surface area contributed by atoms with E-state index in [-0.39, 0.29) is 6.10 Å². The van der Waals surface area contributed by atoms with Crippen molar-refractivity contribution < 1.29 is 9.47 Å². The van der Waals surface area contributed by atoms with Gasteiger partial charge in [0.2, 0.25) is 5.88 Å². The Hall–Kier alpha value is -1.36. The van der Waals surface area contributed by atoms with Gasteiger partial charge in [0.25, 0.3) is 0 Å². The summed E-state index contributed by atoms with van der Waals surface area (Å²) in [6.45, 7) is 12.5. The van der Waals surface area contributed by atoms with Crippen molar-refractivity contribution in [3.63, 3.8) is 0 Å². The van der Waals surface area contributed by atoms with E-state index in [0.717, 1.165) is 24.3 Å². The monoisotopic (exact) mass is 281 g/mol. The predicted octanol–water partition coefficient (Wildman–Crippen LogP) is 3.23. The number of anilines is 1. The Morgan fingerprint density at radius 2 is 1.95 bits per heavy atom. The smallest absolute Gasteiger partial charge is 0.222 e. The maximum atomic E-state index is 5.91. The van der Waals surface area contributed by atoms with Crippen LogP contribution < -0.4 is 10.1 Å². The molecule has 0 radical (unpaired) electrons. The zero-order chi connectivity index (χ0) is 15.0. The van der Waals surface area contributed by atoms with E-state index in [4.69, 9.17) is 9.47 Å². The molecule has 1 unspecified atom stereocenters. The minimum absolute atomic E-state index is 0.0265. The van der Waals surface area contributed by atoms with Crippen LogP contribution in [0.2, 0.25) is 0 Å². The summed E-state index contributed by atoms with van der Waals surface area (Å²) in [7, 11) is 0. The molecule has 0 bridgehead atoms. The van der Waals surface area contributed by atoms with Crippen molar-refractivity contribution in [2.45, 2.75) is 53.1 Å². The van der Waals surface area contributed by atoms with Gasteiger partial charge in [-0.15, -0.1) is 0 Å². The van der Waals surface area contributed by atoms with E-state index in [1.807, 2.05) is 13.8 Å². The van der Waals surface area contributed by atoms with Crippen molar-refractivity contribution in [2.75, 3.05) is 25.1 Å². The Labute approximate surface area is 122 Å². The Morgan fingerprint density at radius 1 is 1.20 bits per heavy atom. The Kier molecular flexibility index (Phi) is 7.30. The molecule has 20 heavy (non-hydrogen) atoms. The van der Waals surface area contributed by atoms with Crippen LogP contribution in [0.15, 0.2) is 6.33 Å². The van der Waals surface area contributed by atoms with E-state index < -0.39 is 0 Å². The fraction of sp³-hybridized carbons (Fsp3) is 0.733. The van der Waals surface area contributed by atoms with Gasteiger partial charge in [0.1, 0.15) is 18.2 Å². The molecule has 1 aromatic rings. The first-order valence-corrected chi connectivity index (χ1v) is 7.43. The van der Waals surface area contributed by atoms with Gasteiger partial charge in [-0.3, -0.25) is 0 Å². The summed E-state index contributed by atoms with van der Waals surface area (Å²) in [6, 6.07) is 0. The number of aromatic nitrogens is 2. The fourth-order valence-electron chi connectivity index (χ4n) is 1.89. The predicted molar refractivity (Wildman–Crippen MR) is 81.5 cm³/mol. The van der Waals surface area contributed by atoms with Gasteiger partial charge in [0, 0.05) is 13.2 Å². The molecule has 0 aliphatic rings. The number of hydrogen-bond donors (Lipinski definition) is 1. The third kappa shape index (κ3) is 4.96. The van der Waals surface area contributed by atoms with Crippen LogP contribution in [0.5, 0.6) is 5.88 Å². The minimum atomic E-state index is -0.0265. The molecule has 0 saturated carbocycles. The molecule has 0 aliphatic heterocycles. The standard InChI is InChI=1S/C15H27N3O2/c1-6-8-16-14-13(11(3)4)15(18-10-17-14)20-12(5)9-19-7-2/h10-12H,6-9H2,1-5H3,(H,16,17,18). The Balaban J connectivity index is 2.88. The van der Waals surface area contributed by atoms with Crippen molar-refractivity contribution in [1.82, 2.24) is 9.97 Å². The molecule has 0 spiro atoms. The molecular weight excluding hydrogens is 254 g/mol. The summed E-state index contributed by atoms with van der Waals surface area (Å²) < 4.78 is 11.3. The Bertz CT molecular complexity index is 397. The van der Waals surface area contributed by atoms with Crippen molar-refractivity contribution in [2.24, 2.45) is 0 Å². The second-order valence-corrected chi connectivity index (χ2v) is 5.11. The topological polar surface area (TPSA) is 56.3 Å². The lowest BCUT2D eigenvalue weighted by Crippen LogP contribution is -2.21. The third-order valence-corrected chi connectivity index (χ3v) is 2.84. The summed E-state index contributed by atoms with van der Waals surface area (Å²) >= 11 is 0. The van der Waals surface area contributed by atoms with E-state index in [2.05, 4.69) is 36.1 Å². The number of nitrogens with one attached hydrogen (secondary N) is 1. The van der Waals surface area contributed by atoms with Gasteiger partial charge in [-0.05, 0) is 26.2 Å². The maximum absolute atomic E-state index is 5.91. The second kappa shape index (κ2) is 8.74. The van der Waals surface area contributed by atoms with Crippen LogP contribution >= 0.6 is 0 Å². The zero-order valence-corrected chi connectivity index (χ0v) is 13.3. The normalized spacial score (nSPS) is 12.5. The van der Waals surface area contributed by atoms with Crippen LogP contribution in [0.4, 0.5) is 5.82 Å². The highest BCUT2D eigenvalue weighted by molar-refractivity contribution is 5.50. The zero-order valence-electron chi connectivity index (χ0n) is 13.3. The Morgan fingerprint density at radius 3 is 2.55 bits per heavy atom. The molecule has 0 aromatic carbocycles. The molecule has 1 atom stereocenters. The van der Waals surface area contributed by atoms with Crippen LogP contribution in [0.1, 0.15) is 52.5 Å². The number of rotatable bonds is 9. The molecule has 1 rings (SSSR count). The maximum Gasteiger partial charge on any atom is 0.222 e. The van der Waals surface area contributed by atoms with Gasteiger partial charge in [-0.2, -0.15) is 0 Å². The quantitative estimate of drug-likeness (QED) is 0.753. The average Bonchev–Trinajstić information content (AvgIpc) is 2.42. The van der Waals surface area contributed by atoms with E-state index in [1.165, 1.54) is 0 Å². The van der Waals surface area contributed by atoms with Gasteiger partial charge in [-0.25, -0.2) is 9.97 Å². The van der Waals surface area contributed by atoms with E-state index in [9.17, 15) is 0 Å². The summed E-state index contributed by atoms with van der Waals surface area (Å²) in [4.78, 5) is 8.62. The molecule has 114 valence electrons. The first-order valence-electron chi connectivity index (χ1n) is 7.43. The van der Waals surface area contributed by atoms with Crippen LogP contribution in [0.3, 0.4) is 0 Å². The lowest BCUT2D eigenvalue weighted by Gasteiger charge is -2.20. The van der Waals surface area contributed by atoms with Crippen LogP contribution in [-0.4, -0.2) is 35.8 Å². The summed E-state index contributed by atoms with van der Waals surface area (Å²) in [5.74, 6) is 1.82. The molecule has 0 fully saturated rings. The molecule has 5 nitrogen and oxygen atoms in total. The number of ether oxygens (including phenoxy) is 2. The second-order valence-electron chi connectivity index (χ2n) is 5.11. The number of hydrogen-bond acceptors (Lipinski definition) is 5. The van der Waals surface area contributed by atoms with Crippen molar-refractivity contribution in [1.29, 1.82) is 0 Å². The highest BCUT2D eigenvalue weighted by Gasteiger charge is 2.17. The third-order valence-electron chi connectivity index (χ3n) is 2.84. The van der Waals surface area contributed by atoms with Crippen molar-refractivity contribution >= 4 is 5.82 Å². The lowest BCUT2D eigenvalue weighted by molar-refractivity contribution is 0.0626. The summed E-state index contributed by atoms with van der Waals surface area (Å²) in [6.07, 6.45) is 2.58. The minimum Gasteiger partial charge on any atom is -0.472 e. The van der Waals surface area contributed by atoms with Gasteiger partial charge in [-0.1, -0.05) is 20.8 Å². The van der Waals surface area contributed by atoms with E-state index in [1.54, 1.807) is 6.33 Å². The molecule has 5 heteroatoms. The molecule has 0 saturated heterocycles. The molecule has 1 aromatic heterocycles. The SMILES string of the molecule is CCCNc1ncnc(OC(C)COCC)c1C(C)C. The van der Waals surface area contributed by atoms with Crippen LogP contribution in [-0.2, 0) is 4.74 Å². The largest absolute Gasteiger partial charge is 0.472 e. The molecule has 1 heterocycles. The van der Waals surface area contributed by atoms with Crippen molar-refractivity contribution in [3.8, 4) is 5.88 Å². The van der Waals surface area contributed by atoms with E-state index in [0.29, 0.717) is 25.0 Å². The average molecular weight is 281 g/mol. The number of nitrogens with zero attached hydrogens (tertiary/aromatic N) is 2. The van der Waals surface area contributed by atoms with E-state index >= 15 is 0 Å². The van der Waals surface area contributed by atoms with Gasteiger partial charge in [0.15, 0.2) is 0 Å². The van der Waals surface area contributed by atoms with Gasteiger partial charge >= 0.3 is 0 Å². The van der Waals surface area contributed by atoms with Crippen LogP contribution in [0.25, 0.3) is 0 Å². The lowest BCUT2D eigenvalue weighted by atomic mass is 10.1. The fourth-order valence-corrected chi connectivity index (χ4v) is 1.89. The summed E-state index contributed by atoms with van der Waals surface area (Å²) in [5.41, 5.74) is 1.03. The van der Waals surface area contributed by atoms with Crippen LogP contribution in [0, 0.1) is 0 Å². The highest BCUT2D eigenvalue weighted by atomic mass is 16.5.